The highest BCUT2D eigenvalue weighted by Gasteiger charge is 2.06. The van der Waals surface area contributed by atoms with E-state index >= 15 is 0 Å². The maximum Gasteiger partial charge on any atom is 0.147 e. The van der Waals surface area contributed by atoms with Gasteiger partial charge in [0.1, 0.15) is 5.82 Å². The van der Waals surface area contributed by atoms with Crippen LogP contribution in [-0.2, 0) is 13.1 Å². The van der Waals surface area contributed by atoms with Crippen LogP contribution in [0.15, 0.2) is 30.6 Å². The summed E-state index contributed by atoms with van der Waals surface area (Å²) in [5, 5.41) is 7.50. The van der Waals surface area contributed by atoms with E-state index in [-0.39, 0.29) is 5.82 Å². The number of benzene rings is 1. The van der Waals surface area contributed by atoms with Gasteiger partial charge in [0.2, 0.25) is 0 Å². The van der Waals surface area contributed by atoms with Crippen LogP contribution in [0.4, 0.5) is 10.1 Å². The molecule has 0 unspecified atom stereocenters. The van der Waals surface area contributed by atoms with Gasteiger partial charge in [-0.3, -0.25) is 4.68 Å². The first-order chi connectivity index (χ1) is 8.20. The van der Waals surface area contributed by atoms with Gasteiger partial charge in [0.25, 0.3) is 0 Å². The van der Waals surface area contributed by atoms with Crippen molar-refractivity contribution in [3.05, 3.63) is 47.0 Å². The fourth-order valence-corrected chi connectivity index (χ4v) is 1.76. The van der Waals surface area contributed by atoms with Gasteiger partial charge in [-0.2, -0.15) is 5.10 Å². The molecule has 0 amide bonds. The maximum atomic E-state index is 13.5. The summed E-state index contributed by atoms with van der Waals surface area (Å²) in [6.45, 7) is 3.33. The van der Waals surface area contributed by atoms with Gasteiger partial charge >= 0.3 is 0 Å². The Kier molecular flexibility index (Phi) is 3.64. The molecule has 0 aliphatic rings. The van der Waals surface area contributed by atoms with Gasteiger partial charge in [0.05, 0.1) is 16.9 Å². The maximum absolute atomic E-state index is 13.5. The lowest BCUT2D eigenvalue weighted by Crippen LogP contribution is -2.01. The summed E-state index contributed by atoms with van der Waals surface area (Å²) in [5.41, 5.74) is 1.32. The first kappa shape index (κ1) is 11.9. The lowest BCUT2D eigenvalue weighted by Gasteiger charge is -2.07. The number of hydrogen-bond donors (Lipinski definition) is 1. The van der Waals surface area contributed by atoms with Crippen LogP contribution in [0.3, 0.4) is 0 Å². The van der Waals surface area contributed by atoms with Crippen molar-refractivity contribution in [3.8, 4) is 0 Å². The molecule has 1 aromatic heterocycles. The number of aromatic nitrogens is 2. The minimum absolute atomic E-state index is 0.332. The Morgan fingerprint density at radius 3 is 2.94 bits per heavy atom. The van der Waals surface area contributed by atoms with E-state index in [1.54, 1.807) is 18.3 Å². The molecule has 2 aromatic rings. The summed E-state index contributed by atoms with van der Waals surface area (Å²) in [6.07, 6.45) is 3.67. The Morgan fingerprint density at radius 1 is 1.47 bits per heavy atom. The van der Waals surface area contributed by atoms with Crippen molar-refractivity contribution in [1.82, 2.24) is 9.78 Å². The largest absolute Gasteiger partial charge is 0.377 e. The lowest BCUT2D eigenvalue weighted by molar-refractivity contribution is 0.630. The van der Waals surface area contributed by atoms with Gasteiger partial charge in [0.15, 0.2) is 0 Å². The van der Waals surface area contributed by atoms with E-state index in [9.17, 15) is 4.39 Å². The van der Waals surface area contributed by atoms with E-state index < -0.39 is 0 Å². The molecule has 0 bridgehead atoms. The first-order valence-corrected chi connectivity index (χ1v) is 5.77. The van der Waals surface area contributed by atoms with Crippen LogP contribution in [0.2, 0.25) is 5.02 Å². The number of anilines is 1. The average molecular weight is 254 g/mol. The van der Waals surface area contributed by atoms with Gasteiger partial charge in [-0.1, -0.05) is 17.7 Å². The Hall–Kier alpha value is -1.55. The van der Waals surface area contributed by atoms with Crippen LogP contribution >= 0.6 is 11.6 Å². The minimum Gasteiger partial charge on any atom is -0.377 e. The summed E-state index contributed by atoms with van der Waals surface area (Å²) in [4.78, 5) is 0. The molecule has 17 heavy (non-hydrogen) atoms. The predicted octanol–water partition coefficient (Wildman–Crippen LogP) is 3.31. The van der Waals surface area contributed by atoms with E-state index in [1.165, 1.54) is 6.07 Å². The lowest BCUT2D eigenvalue weighted by atomic mass is 10.3. The van der Waals surface area contributed by atoms with E-state index in [4.69, 9.17) is 11.6 Å². The second-order valence-electron chi connectivity index (χ2n) is 3.65. The third kappa shape index (κ3) is 2.77. The molecule has 0 radical (unpaired) electrons. The number of halogens is 2. The van der Waals surface area contributed by atoms with Crippen molar-refractivity contribution in [3.63, 3.8) is 0 Å². The van der Waals surface area contributed by atoms with Crippen LogP contribution in [0.25, 0.3) is 0 Å². The van der Waals surface area contributed by atoms with Crippen molar-refractivity contribution >= 4 is 17.3 Å². The molecule has 0 aliphatic carbocycles. The molecule has 1 aromatic carbocycles. The molecule has 3 nitrogen and oxygen atoms in total. The number of para-hydroxylation sites is 1. The van der Waals surface area contributed by atoms with E-state index in [1.807, 2.05) is 17.8 Å². The van der Waals surface area contributed by atoms with Gasteiger partial charge in [0, 0.05) is 24.8 Å². The number of aryl methyl sites for hydroxylation is 1. The number of nitrogens with zero attached hydrogens (tertiary/aromatic N) is 2. The standard InChI is InChI=1S/C12H13ClFN3/c1-2-17-8-9(7-16-17)6-15-12-10(13)4-3-5-11(12)14/h3-5,7-8,15H,2,6H2,1H3. The molecule has 0 saturated heterocycles. The fourth-order valence-electron chi connectivity index (χ4n) is 1.53. The Balaban J connectivity index is 2.07. The van der Waals surface area contributed by atoms with E-state index in [0.29, 0.717) is 17.3 Å². The van der Waals surface area contributed by atoms with Crippen LogP contribution < -0.4 is 5.32 Å². The van der Waals surface area contributed by atoms with Crippen molar-refractivity contribution in [2.75, 3.05) is 5.32 Å². The van der Waals surface area contributed by atoms with Crippen molar-refractivity contribution in [2.24, 2.45) is 0 Å². The molecule has 1 heterocycles. The van der Waals surface area contributed by atoms with Crippen LogP contribution in [0, 0.1) is 5.82 Å². The summed E-state index contributed by atoms with van der Waals surface area (Å²) in [5.74, 6) is -0.347. The third-order valence-corrected chi connectivity index (χ3v) is 2.76. The highest BCUT2D eigenvalue weighted by atomic mass is 35.5. The van der Waals surface area contributed by atoms with Crippen LogP contribution in [-0.4, -0.2) is 9.78 Å². The Morgan fingerprint density at radius 2 is 2.29 bits per heavy atom. The van der Waals surface area contributed by atoms with Crippen molar-refractivity contribution in [2.45, 2.75) is 20.0 Å². The average Bonchev–Trinajstić information content (AvgIpc) is 2.76. The second-order valence-corrected chi connectivity index (χ2v) is 4.06. The van der Waals surface area contributed by atoms with Gasteiger partial charge in [-0.05, 0) is 19.1 Å². The SMILES string of the molecule is CCn1cc(CNc2c(F)cccc2Cl)cn1. The third-order valence-electron chi connectivity index (χ3n) is 2.44. The number of rotatable bonds is 4. The Labute approximate surface area is 104 Å². The molecule has 1 N–H and O–H groups in total. The monoisotopic (exact) mass is 253 g/mol. The van der Waals surface area contributed by atoms with E-state index in [0.717, 1.165) is 12.1 Å². The molecule has 0 atom stereocenters. The zero-order valence-corrected chi connectivity index (χ0v) is 10.2. The van der Waals surface area contributed by atoms with E-state index in [2.05, 4.69) is 10.4 Å². The summed E-state index contributed by atoms with van der Waals surface area (Å²) >= 11 is 5.90. The minimum atomic E-state index is -0.347. The highest BCUT2D eigenvalue weighted by Crippen LogP contribution is 2.24. The zero-order valence-electron chi connectivity index (χ0n) is 9.45. The normalized spacial score (nSPS) is 10.5. The molecule has 5 heteroatoms. The fraction of sp³-hybridized carbons (Fsp3) is 0.250. The summed E-state index contributed by atoms with van der Waals surface area (Å²) in [7, 11) is 0. The van der Waals surface area contributed by atoms with Crippen LogP contribution in [0.5, 0.6) is 0 Å². The van der Waals surface area contributed by atoms with Gasteiger partial charge in [-0.25, -0.2) is 4.39 Å². The zero-order chi connectivity index (χ0) is 12.3. The van der Waals surface area contributed by atoms with Crippen molar-refractivity contribution in [1.29, 1.82) is 0 Å². The molecular weight excluding hydrogens is 241 g/mol. The first-order valence-electron chi connectivity index (χ1n) is 5.40. The molecule has 0 fully saturated rings. The van der Waals surface area contributed by atoms with Gasteiger partial charge < -0.3 is 5.32 Å². The Bertz CT molecular complexity index is 490. The molecular formula is C12H13ClFN3. The molecule has 0 saturated carbocycles. The predicted molar refractivity (Wildman–Crippen MR) is 66.6 cm³/mol. The molecule has 0 spiro atoms. The molecule has 2 rings (SSSR count). The number of hydrogen-bond acceptors (Lipinski definition) is 2. The highest BCUT2D eigenvalue weighted by molar-refractivity contribution is 6.33. The topological polar surface area (TPSA) is 29.9 Å². The molecule has 90 valence electrons. The smallest absolute Gasteiger partial charge is 0.147 e. The molecule has 0 aliphatic heterocycles. The second kappa shape index (κ2) is 5.19. The summed E-state index contributed by atoms with van der Waals surface area (Å²) < 4.78 is 15.3. The quantitative estimate of drug-likeness (QED) is 0.906. The van der Waals surface area contributed by atoms with Crippen LogP contribution in [0.1, 0.15) is 12.5 Å². The number of nitrogens with one attached hydrogen (secondary N) is 1. The van der Waals surface area contributed by atoms with Gasteiger partial charge in [-0.15, -0.1) is 0 Å². The summed E-state index contributed by atoms with van der Waals surface area (Å²) in [6, 6.07) is 4.62. The van der Waals surface area contributed by atoms with Crippen molar-refractivity contribution < 1.29 is 4.39 Å².